The molecule has 2 atom stereocenters. The molecule has 14 nitrogen and oxygen atoms in total. The van der Waals surface area contributed by atoms with Crippen molar-refractivity contribution in [1.29, 1.82) is 0 Å². The van der Waals surface area contributed by atoms with Gasteiger partial charge in [-0.1, -0.05) is 96.6 Å². The van der Waals surface area contributed by atoms with E-state index in [0.717, 1.165) is 25.7 Å². The Balaban J connectivity index is 0.000000929. The summed E-state index contributed by atoms with van der Waals surface area (Å²) in [6.07, 6.45) is 14.2. The zero-order valence-corrected chi connectivity index (χ0v) is 35.9. The van der Waals surface area contributed by atoms with E-state index in [-0.39, 0.29) is 54.7 Å². The van der Waals surface area contributed by atoms with Crippen molar-refractivity contribution in [3.8, 4) is 23.0 Å². The van der Waals surface area contributed by atoms with Gasteiger partial charge in [0.1, 0.15) is 11.5 Å². The average Bonchev–Trinajstić information content (AvgIpc) is 3.22. The molecule has 0 radical (unpaired) electrons. The molecule has 6 rings (SSSR count). The summed E-state index contributed by atoms with van der Waals surface area (Å²) in [6.45, 7) is 6.67. The van der Waals surface area contributed by atoms with Crippen molar-refractivity contribution in [3.63, 3.8) is 0 Å². The molecular formula is C41H46N10O4U. The van der Waals surface area contributed by atoms with Crippen LogP contribution < -0.4 is 19.7 Å². The van der Waals surface area contributed by atoms with Crippen molar-refractivity contribution < 1.29 is 50.8 Å². The molecule has 3 aromatic carbocycles. The Morgan fingerprint density at radius 3 is 1.23 bits per heavy atom. The number of para-hydroxylation sites is 2. The van der Waals surface area contributed by atoms with Gasteiger partial charge in [0.05, 0.1) is 25.3 Å². The Morgan fingerprint density at radius 1 is 0.607 bits per heavy atom. The Morgan fingerprint density at radius 2 is 0.964 bits per heavy atom. The summed E-state index contributed by atoms with van der Waals surface area (Å²) in [4.78, 5) is 19.9. The number of pyridine rings is 2. The van der Waals surface area contributed by atoms with Crippen molar-refractivity contribution in [1.82, 2.24) is 9.97 Å². The SMILES string of the molecule is CCOc1cccc(C=N[C@@H]2CCCC[C@H]2N=Cc2cccc(OCC)c2[O-])c1[O-].Cc1ccccc1.[N-]=[N+]=[N-].[N-]=[N+]=[N-].[U+4].c1ccncc1.c1ccncc1. The Kier molecular flexibility index (Phi) is 30.2. The summed E-state index contributed by atoms with van der Waals surface area (Å²) in [5.41, 5.74) is 29.4. The quantitative estimate of drug-likeness (QED) is 0.0635. The molecular weight excluding hydrogens is 935 g/mol. The van der Waals surface area contributed by atoms with E-state index >= 15 is 0 Å². The summed E-state index contributed by atoms with van der Waals surface area (Å²) in [6, 6.07) is 32.1. The fourth-order valence-electron chi connectivity index (χ4n) is 4.76. The largest absolute Gasteiger partial charge is 4.00 e. The van der Waals surface area contributed by atoms with Crippen LogP contribution in [0, 0.1) is 38.0 Å². The van der Waals surface area contributed by atoms with E-state index in [2.05, 4.69) is 39.0 Å². The monoisotopic (exact) mass is 980 g/mol. The molecule has 2 heterocycles. The van der Waals surface area contributed by atoms with Crippen molar-refractivity contribution in [3.05, 3.63) is 177 Å². The minimum Gasteiger partial charge on any atom is -0.870 e. The number of ether oxygens (including phenoxy) is 2. The molecule has 0 bridgehead atoms. The third kappa shape index (κ3) is 22.4. The first-order valence-electron chi connectivity index (χ1n) is 17.5. The second-order valence-electron chi connectivity index (χ2n) is 11.1. The van der Waals surface area contributed by atoms with E-state index in [4.69, 9.17) is 31.6 Å². The predicted molar refractivity (Wildman–Crippen MR) is 215 cm³/mol. The van der Waals surface area contributed by atoms with Gasteiger partial charge in [0, 0.05) is 37.2 Å². The molecule has 15 heteroatoms. The molecule has 0 unspecified atom stereocenters. The van der Waals surface area contributed by atoms with Gasteiger partial charge < -0.3 is 41.8 Å². The first kappa shape index (κ1) is 50.2. The second-order valence-corrected chi connectivity index (χ2v) is 11.1. The number of hydrogen-bond acceptors (Lipinski definition) is 8. The molecule has 2 aromatic heterocycles. The molecule has 1 aliphatic carbocycles. The van der Waals surface area contributed by atoms with Crippen LogP contribution in [0.2, 0.25) is 0 Å². The van der Waals surface area contributed by atoms with Gasteiger partial charge in [-0.05, 0) is 81.1 Å². The number of aryl methyl sites for hydroxylation is 1. The number of aliphatic imine (C=N–C) groups is 2. The van der Waals surface area contributed by atoms with Gasteiger partial charge >= 0.3 is 31.1 Å². The topological polar surface area (TPSA) is 232 Å². The molecule has 0 saturated heterocycles. The first-order chi connectivity index (χ1) is 26.9. The van der Waals surface area contributed by atoms with Crippen molar-refractivity contribution in [2.45, 2.75) is 58.5 Å². The smallest absolute Gasteiger partial charge is 0.870 e. The van der Waals surface area contributed by atoms with E-state index in [1.165, 1.54) is 15.4 Å². The van der Waals surface area contributed by atoms with Crippen LogP contribution in [0.5, 0.6) is 23.0 Å². The molecule has 0 spiro atoms. The summed E-state index contributed by atoms with van der Waals surface area (Å²) in [5.74, 6) is 0.388. The maximum Gasteiger partial charge on any atom is 4.00 e. The van der Waals surface area contributed by atoms with Crippen LogP contribution in [0.4, 0.5) is 0 Å². The van der Waals surface area contributed by atoms with Crippen molar-refractivity contribution >= 4 is 12.4 Å². The Bertz CT molecular complexity index is 1670. The van der Waals surface area contributed by atoms with Gasteiger partial charge in [0.25, 0.3) is 0 Å². The number of benzene rings is 3. The van der Waals surface area contributed by atoms with E-state index in [9.17, 15) is 10.2 Å². The maximum atomic E-state index is 12.5. The van der Waals surface area contributed by atoms with Crippen LogP contribution in [0.25, 0.3) is 31.9 Å². The molecule has 5 aromatic rings. The molecule has 0 amide bonds. The molecule has 1 aliphatic rings. The predicted octanol–water partition coefficient (Wildman–Crippen LogP) is 9.37. The van der Waals surface area contributed by atoms with Crippen LogP contribution in [0.3, 0.4) is 0 Å². The van der Waals surface area contributed by atoms with Crippen LogP contribution in [0.1, 0.15) is 56.2 Å². The first-order valence-corrected chi connectivity index (χ1v) is 17.5. The fraction of sp³-hybridized carbons (Fsp3) is 0.268. The van der Waals surface area contributed by atoms with Crippen LogP contribution in [-0.4, -0.2) is 47.7 Å². The summed E-state index contributed by atoms with van der Waals surface area (Å²) < 4.78 is 10.8. The van der Waals surface area contributed by atoms with Gasteiger partial charge in [-0.2, -0.15) is 0 Å². The van der Waals surface area contributed by atoms with Gasteiger partial charge in [-0.3, -0.25) is 29.8 Å². The van der Waals surface area contributed by atoms with Crippen molar-refractivity contribution in [2.75, 3.05) is 13.2 Å². The Hall–Kier alpha value is -5.83. The summed E-state index contributed by atoms with van der Waals surface area (Å²) in [5, 5.41) is 24.9. The van der Waals surface area contributed by atoms with Crippen LogP contribution in [0.15, 0.2) is 138 Å². The van der Waals surface area contributed by atoms with E-state index < -0.39 is 0 Å². The van der Waals surface area contributed by atoms with Crippen LogP contribution >= 0.6 is 0 Å². The molecule has 0 N–H and O–H groups in total. The summed E-state index contributed by atoms with van der Waals surface area (Å²) >= 11 is 0. The van der Waals surface area contributed by atoms with Crippen molar-refractivity contribution in [2.24, 2.45) is 9.98 Å². The number of nitrogens with zero attached hydrogens (tertiary/aromatic N) is 10. The average molecular weight is 981 g/mol. The third-order valence-electron chi connectivity index (χ3n) is 7.20. The van der Waals surface area contributed by atoms with E-state index in [0.29, 0.717) is 35.8 Å². The third-order valence-corrected chi connectivity index (χ3v) is 7.20. The van der Waals surface area contributed by atoms with E-state index in [1.807, 2.05) is 68.4 Å². The van der Waals surface area contributed by atoms with Gasteiger partial charge in [-0.25, -0.2) is 0 Å². The second kappa shape index (κ2) is 33.7. The van der Waals surface area contributed by atoms with Crippen LogP contribution in [-0.2, 0) is 0 Å². The summed E-state index contributed by atoms with van der Waals surface area (Å²) in [7, 11) is 0. The minimum atomic E-state index is -0.150. The number of rotatable bonds is 8. The minimum absolute atomic E-state index is 0. The number of hydrogen-bond donors (Lipinski definition) is 0. The molecule has 1 fully saturated rings. The van der Waals surface area contributed by atoms with E-state index in [1.54, 1.807) is 73.6 Å². The maximum absolute atomic E-state index is 12.5. The Labute approximate surface area is 352 Å². The standard InChI is InChI=1S/C24H30N2O4.C7H8.2C5H5N.2N3.U/c1-3-29-21-13-7-9-17(23(21)27)15-25-19-11-5-6-12-20(19)26-16-18-10-8-14-22(24(18)28)30-4-2;1-7-5-3-2-4-6-7;2*1-2-4-6-5-3-1;2*1-3-2;/h7-10,13-16,19-20,27-28H,3-6,11-12H2,1-2H3;2-6H,1H3;2*1-5H;;;/q;;;;2*-1;+4/p-2/t19-,20-;;;;;;/m1....../s1. The van der Waals surface area contributed by atoms with Gasteiger partial charge in [0.15, 0.2) is 0 Å². The zero-order chi connectivity index (χ0) is 40.4. The van der Waals surface area contributed by atoms with Gasteiger partial charge in [0.2, 0.25) is 0 Å². The van der Waals surface area contributed by atoms with Gasteiger partial charge in [-0.15, -0.1) is 0 Å². The normalized spacial score (nSPS) is 13.5. The molecule has 1 saturated carbocycles. The number of aromatic nitrogens is 2. The molecule has 288 valence electrons. The zero-order valence-electron chi connectivity index (χ0n) is 31.8. The molecule has 56 heavy (non-hydrogen) atoms. The fourth-order valence-corrected chi connectivity index (χ4v) is 4.76. The molecule has 0 aliphatic heterocycles.